The van der Waals surface area contributed by atoms with Crippen molar-refractivity contribution in [2.24, 2.45) is 4.99 Å². The first-order valence-electron chi connectivity index (χ1n) is 11.7. The summed E-state index contributed by atoms with van der Waals surface area (Å²) in [6.07, 6.45) is 7.11. The van der Waals surface area contributed by atoms with E-state index < -0.39 is 23.6 Å². The summed E-state index contributed by atoms with van der Waals surface area (Å²) in [6.45, 7) is -2.50. The number of nitrogens with one attached hydrogen (secondary N) is 1. The number of nitrogens with zero attached hydrogens (tertiary/aromatic N) is 2. The Morgan fingerprint density at radius 2 is 1.94 bits per heavy atom. The molecule has 2 aromatic carbocycles. The standard InChI is InChI=1S/C26H26F3N3O3S/c27-20-8-4-5-9-21(20)31-23(33)16-22-24(34)32(15-14-17-6-2-1-3-7-17)26(36-22)30-18-10-12-19(13-11-18)35-25(28)29/h4-6,8-13,22,25H,1-3,7,14-16H2,(H,31,33). The third-order valence-corrected chi connectivity index (χ3v) is 7.04. The molecule has 2 aromatic rings. The van der Waals surface area contributed by atoms with Crippen molar-refractivity contribution < 1.29 is 27.5 Å². The molecule has 1 aliphatic heterocycles. The molecule has 190 valence electrons. The van der Waals surface area contributed by atoms with E-state index in [1.54, 1.807) is 11.0 Å². The molecule has 4 rings (SSSR count). The van der Waals surface area contributed by atoms with Crippen LogP contribution in [0.3, 0.4) is 0 Å². The van der Waals surface area contributed by atoms with Crippen LogP contribution in [0.2, 0.25) is 0 Å². The number of amides is 2. The molecule has 6 nitrogen and oxygen atoms in total. The van der Waals surface area contributed by atoms with Gasteiger partial charge in [0.05, 0.1) is 11.4 Å². The number of thioether (sulfide) groups is 1. The van der Waals surface area contributed by atoms with Gasteiger partial charge in [-0.1, -0.05) is 35.5 Å². The maximum atomic E-state index is 13.9. The van der Waals surface area contributed by atoms with Crippen molar-refractivity contribution in [1.29, 1.82) is 0 Å². The lowest BCUT2D eigenvalue weighted by atomic mass is 9.97. The fourth-order valence-corrected chi connectivity index (χ4v) is 5.25. The van der Waals surface area contributed by atoms with Crippen molar-refractivity contribution in [2.75, 3.05) is 11.9 Å². The number of para-hydroxylation sites is 1. The quantitative estimate of drug-likeness (QED) is 0.398. The lowest BCUT2D eigenvalue weighted by Gasteiger charge is -2.19. The average Bonchev–Trinajstić information content (AvgIpc) is 3.14. The number of hydrogen-bond acceptors (Lipinski definition) is 5. The molecule has 2 amide bonds. The second-order valence-corrected chi connectivity index (χ2v) is 9.62. The van der Waals surface area contributed by atoms with Gasteiger partial charge in [-0.25, -0.2) is 9.38 Å². The van der Waals surface area contributed by atoms with Crippen LogP contribution in [0.4, 0.5) is 24.5 Å². The molecular formula is C26H26F3N3O3S. The van der Waals surface area contributed by atoms with Gasteiger partial charge in [0, 0.05) is 13.0 Å². The van der Waals surface area contributed by atoms with Crippen LogP contribution < -0.4 is 10.1 Å². The van der Waals surface area contributed by atoms with Gasteiger partial charge < -0.3 is 10.1 Å². The highest BCUT2D eigenvalue weighted by atomic mass is 32.2. The molecule has 0 spiro atoms. The van der Waals surface area contributed by atoms with Gasteiger partial charge in [-0.05, 0) is 68.5 Å². The van der Waals surface area contributed by atoms with Crippen LogP contribution in [0.25, 0.3) is 0 Å². The summed E-state index contributed by atoms with van der Waals surface area (Å²) in [5.74, 6) is -1.26. The zero-order chi connectivity index (χ0) is 25.5. The maximum absolute atomic E-state index is 13.9. The summed E-state index contributed by atoms with van der Waals surface area (Å²) in [6, 6.07) is 11.6. The van der Waals surface area contributed by atoms with Crippen LogP contribution in [0.5, 0.6) is 5.75 Å². The minimum Gasteiger partial charge on any atom is -0.435 e. The number of halogens is 3. The molecule has 2 aliphatic rings. The molecule has 0 radical (unpaired) electrons. The first kappa shape index (κ1) is 25.8. The summed E-state index contributed by atoms with van der Waals surface area (Å²) >= 11 is 1.17. The lowest BCUT2D eigenvalue weighted by Crippen LogP contribution is -2.34. The minimum atomic E-state index is -2.92. The Morgan fingerprint density at radius 3 is 2.64 bits per heavy atom. The van der Waals surface area contributed by atoms with Gasteiger partial charge in [0.2, 0.25) is 11.8 Å². The van der Waals surface area contributed by atoms with Crippen molar-refractivity contribution in [1.82, 2.24) is 4.90 Å². The molecule has 1 atom stereocenters. The van der Waals surface area contributed by atoms with Gasteiger partial charge in [0.15, 0.2) is 5.17 Å². The molecule has 0 saturated carbocycles. The van der Waals surface area contributed by atoms with E-state index in [0.29, 0.717) is 23.8 Å². The molecule has 36 heavy (non-hydrogen) atoms. The zero-order valence-electron chi connectivity index (χ0n) is 19.5. The third-order valence-electron chi connectivity index (χ3n) is 5.87. The molecule has 1 fully saturated rings. The maximum Gasteiger partial charge on any atom is 0.387 e. The zero-order valence-corrected chi connectivity index (χ0v) is 20.3. The van der Waals surface area contributed by atoms with E-state index in [9.17, 15) is 22.8 Å². The van der Waals surface area contributed by atoms with E-state index in [1.807, 2.05) is 0 Å². The largest absolute Gasteiger partial charge is 0.435 e. The third kappa shape index (κ3) is 6.90. The molecule has 1 aliphatic carbocycles. The van der Waals surface area contributed by atoms with Gasteiger partial charge >= 0.3 is 6.61 Å². The fraction of sp³-hybridized carbons (Fsp3) is 0.346. The van der Waals surface area contributed by atoms with Crippen LogP contribution in [-0.2, 0) is 9.59 Å². The van der Waals surface area contributed by atoms with Gasteiger partial charge in [-0.15, -0.1) is 0 Å². The van der Waals surface area contributed by atoms with Crippen molar-refractivity contribution in [3.05, 3.63) is 66.0 Å². The minimum absolute atomic E-state index is 0.00730. The van der Waals surface area contributed by atoms with Crippen LogP contribution in [0, 0.1) is 5.82 Å². The summed E-state index contributed by atoms with van der Waals surface area (Å²) < 4.78 is 43.1. The van der Waals surface area contributed by atoms with E-state index in [0.717, 1.165) is 19.3 Å². The Hall–Kier alpha value is -3.27. The number of aliphatic imine (C=N–C) groups is 1. The number of amidine groups is 1. The number of carbonyl (C=O) groups is 2. The Bertz CT molecular complexity index is 1150. The summed E-state index contributed by atoms with van der Waals surface area (Å²) in [5, 5.41) is 2.24. The fourth-order valence-electron chi connectivity index (χ4n) is 4.06. The van der Waals surface area contributed by atoms with Gasteiger partial charge in [0.1, 0.15) is 16.8 Å². The van der Waals surface area contributed by atoms with E-state index in [-0.39, 0.29) is 23.8 Å². The number of carbonyl (C=O) groups excluding carboxylic acids is 2. The number of alkyl halides is 2. The lowest BCUT2D eigenvalue weighted by molar-refractivity contribution is -0.128. The number of rotatable bonds is 9. The SMILES string of the molecule is O=C(CC1SC(=Nc2ccc(OC(F)F)cc2)N(CCC2=CCCCC2)C1=O)Nc1ccccc1F. The number of benzene rings is 2. The predicted molar refractivity (Wildman–Crippen MR) is 134 cm³/mol. The Morgan fingerprint density at radius 1 is 1.17 bits per heavy atom. The highest BCUT2D eigenvalue weighted by Crippen LogP contribution is 2.33. The Labute approximate surface area is 211 Å². The van der Waals surface area contributed by atoms with Crippen LogP contribution in [-0.4, -0.2) is 40.3 Å². The number of ether oxygens (including phenoxy) is 1. The highest BCUT2D eigenvalue weighted by Gasteiger charge is 2.39. The summed E-state index contributed by atoms with van der Waals surface area (Å²) in [4.78, 5) is 32.0. The molecule has 1 heterocycles. The second-order valence-electron chi connectivity index (χ2n) is 8.45. The van der Waals surface area contributed by atoms with Crippen molar-refractivity contribution >= 4 is 40.1 Å². The van der Waals surface area contributed by atoms with Gasteiger partial charge in [0.25, 0.3) is 0 Å². The van der Waals surface area contributed by atoms with Gasteiger partial charge in [-0.2, -0.15) is 8.78 Å². The van der Waals surface area contributed by atoms with Crippen molar-refractivity contribution in [3.8, 4) is 5.75 Å². The van der Waals surface area contributed by atoms with Crippen molar-refractivity contribution in [3.63, 3.8) is 0 Å². The summed E-state index contributed by atoms with van der Waals surface area (Å²) in [5.41, 5.74) is 1.82. The molecule has 0 bridgehead atoms. The average molecular weight is 518 g/mol. The highest BCUT2D eigenvalue weighted by molar-refractivity contribution is 8.15. The first-order valence-corrected chi connectivity index (χ1v) is 12.6. The molecule has 0 aromatic heterocycles. The normalized spacial score (nSPS) is 19.1. The van der Waals surface area contributed by atoms with E-state index in [4.69, 9.17) is 0 Å². The van der Waals surface area contributed by atoms with E-state index in [2.05, 4.69) is 21.1 Å². The molecule has 1 unspecified atom stereocenters. The number of anilines is 1. The van der Waals surface area contributed by atoms with Gasteiger partial charge in [-0.3, -0.25) is 14.5 Å². The predicted octanol–water partition coefficient (Wildman–Crippen LogP) is 6.28. The Balaban J connectivity index is 1.49. The molecule has 10 heteroatoms. The monoisotopic (exact) mass is 517 g/mol. The van der Waals surface area contributed by atoms with E-state index in [1.165, 1.54) is 66.2 Å². The van der Waals surface area contributed by atoms with Crippen molar-refractivity contribution in [2.45, 2.75) is 50.4 Å². The Kier molecular flexibility index (Phi) is 8.69. The van der Waals surface area contributed by atoms with E-state index >= 15 is 0 Å². The van der Waals surface area contributed by atoms with Crippen LogP contribution in [0.15, 0.2) is 65.2 Å². The second kappa shape index (κ2) is 12.1. The van der Waals surface area contributed by atoms with Crippen LogP contribution in [0.1, 0.15) is 38.5 Å². The molecule has 1 N–H and O–H groups in total. The topological polar surface area (TPSA) is 71.0 Å². The molecular weight excluding hydrogens is 491 g/mol. The molecule has 1 saturated heterocycles. The number of hydrogen-bond donors (Lipinski definition) is 1. The smallest absolute Gasteiger partial charge is 0.387 e. The first-order chi connectivity index (χ1) is 17.4. The number of allylic oxidation sites excluding steroid dienone is 1. The van der Waals surface area contributed by atoms with Crippen LogP contribution >= 0.6 is 11.8 Å². The summed E-state index contributed by atoms with van der Waals surface area (Å²) in [7, 11) is 0.